The summed E-state index contributed by atoms with van der Waals surface area (Å²) in [6.45, 7) is 1.48. The van der Waals surface area contributed by atoms with Gasteiger partial charge in [-0.3, -0.25) is 9.59 Å². The van der Waals surface area contributed by atoms with E-state index in [4.69, 9.17) is 10.5 Å². The fourth-order valence-electron chi connectivity index (χ4n) is 3.00. The monoisotopic (exact) mass is 359 g/mol. The molecule has 1 aromatic heterocycles. The zero-order valence-electron chi connectivity index (χ0n) is 14.1. The maximum absolute atomic E-state index is 12.6. The Morgan fingerprint density at radius 1 is 1.28 bits per heavy atom. The van der Waals surface area contributed by atoms with Crippen LogP contribution in [0.15, 0.2) is 29.6 Å². The minimum absolute atomic E-state index is 0.0486. The number of ketones is 1. The van der Waals surface area contributed by atoms with Crippen molar-refractivity contribution in [3.63, 3.8) is 0 Å². The van der Waals surface area contributed by atoms with Gasteiger partial charge in [-0.15, -0.1) is 11.3 Å². The standard InChI is InChI=1S/C18H21N3O3S/c1-24-14-4-2-12(3-5-14)17(22)13-6-8-21(9-7-13)18(23)15-11-25-16(10-19)20-15/h2-5,11,13H,6-10,19H2,1H3. The Morgan fingerprint density at radius 2 is 1.96 bits per heavy atom. The Labute approximate surface area is 150 Å². The highest BCUT2D eigenvalue weighted by atomic mass is 32.1. The number of piperidine rings is 1. The lowest BCUT2D eigenvalue weighted by molar-refractivity contribution is 0.0646. The molecule has 0 atom stereocenters. The van der Waals surface area contributed by atoms with Gasteiger partial charge in [-0.1, -0.05) is 0 Å². The number of aromatic nitrogens is 1. The predicted octanol–water partition coefficient (Wildman–Crippen LogP) is 2.35. The maximum Gasteiger partial charge on any atom is 0.273 e. The van der Waals surface area contributed by atoms with Gasteiger partial charge in [-0.05, 0) is 37.1 Å². The summed E-state index contributed by atoms with van der Waals surface area (Å²) in [6, 6.07) is 7.18. The second kappa shape index (κ2) is 7.76. The number of nitrogens with two attached hydrogens (primary N) is 1. The summed E-state index contributed by atoms with van der Waals surface area (Å²) in [5.41, 5.74) is 6.69. The van der Waals surface area contributed by atoms with Crippen LogP contribution < -0.4 is 10.5 Å². The normalized spacial score (nSPS) is 15.2. The third-order valence-corrected chi connectivity index (χ3v) is 5.34. The van der Waals surface area contributed by atoms with Gasteiger partial charge in [0.05, 0.1) is 7.11 Å². The predicted molar refractivity (Wildman–Crippen MR) is 96.0 cm³/mol. The van der Waals surface area contributed by atoms with E-state index in [1.807, 2.05) is 0 Å². The van der Waals surface area contributed by atoms with Gasteiger partial charge < -0.3 is 15.4 Å². The zero-order chi connectivity index (χ0) is 17.8. The molecule has 25 heavy (non-hydrogen) atoms. The molecule has 6 nitrogen and oxygen atoms in total. The number of thiazole rings is 1. The fourth-order valence-corrected chi connectivity index (χ4v) is 3.65. The highest BCUT2D eigenvalue weighted by molar-refractivity contribution is 7.09. The van der Waals surface area contributed by atoms with Crippen molar-refractivity contribution in [2.24, 2.45) is 11.7 Å². The molecule has 0 bridgehead atoms. The number of rotatable bonds is 5. The summed E-state index contributed by atoms with van der Waals surface area (Å²) in [6.07, 6.45) is 1.34. The summed E-state index contributed by atoms with van der Waals surface area (Å²) >= 11 is 1.40. The number of methoxy groups -OCH3 is 1. The summed E-state index contributed by atoms with van der Waals surface area (Å²) < 4.78 is 5.12. The minimum atomic E-state index is -0.0775. The molecular formula is C18H21N3O3S. The molecule has 2 N–H and O–H groups in total. The van der Waals surface area contributed by atoms with E-state index in [1.54, 1.807) is 41.7 Å². The molecule has 0 aliphatic carbocycles. The largest absolute Gasteiger partial charge is 0.497 e. The van der Waals surface area contributed by atoms with Crippen molar-refractivity contribution in [3.8, 4) is 5.75 Å². The molecule has 0 radical (unpaired) electrons. The molecule has 1 aliphatic rings. The quantitative estimate of drug-likeness (QED) is 0.828. The lowest BCUT2D eigenvalue weighted by Crippen LogP contribution is -2.40. The van der Waals surface area contributed by atoms with E-state index in [0.717, 1.165) is 10.8 Å². The zero-order valence-corrected chi connectivity index (χ0v) is 14.9. The van der Waals surface area contributed by atoms with Gasteiger partial charge in [0.2, 0.25) is 0 Å². The van der Waals surface area contributed by atoms with E-state index in [2.05, 4.69) is 4.98 Å². The topological polar surface area (TPSA) is 85.5 Å². The molecule has 1 aliphatic heterocycles. The van der Waals surface area contributed by atoms with Crippen molar-refractivity contribution in [1.29, 1.82) is 0 Å². The van der Waals surface area contributed by atoms with Gasteiger partial charge in [0, 0.05) is 36.5 Å². The summed E-state index contributed by atoms with van der Waals surface area (Å²) in [5.74, 6) is 0.740. The van der Waals surface area contributed by atoms with Crippen LogP contribution in [0.4, 0.5) is 0 Å². The maximum atomic E-state index is 12.6. The molecule has 2 heterocycles. The van der Waals surface area contributed by atoms with Crippen LogP contribution in [0.25, 0.3) is 0 Å². The van der Waals surface area contributed by atoms with Crippen LogP contribution >= 0.6 is 11.3 Å². The second-order valence-electron chi connectivity index (χ2n) is 5.99. The number of nitrogens with zero attached hydrogens (tertiary/aromatic N) is 2. The van der Waals surface area contributed by atoms with Gasteiger partial charge >= 0.3 is 0 Å². The van der Waals surface area contributed by atoms with Gasteiger partial charge in [-0.25, -0.2) is 4.98 Å². The Balaban J connectivity index is 1.59. The van der Waals surface area contributed by atoms with Crippen LogP contribution in [-0.4, -0.2) is 41.8 Å². The first kappa shape index (κ1) is 17.6. The first-order valence-electron chi connectivity index (χ1n) is 8.24. The SMILES string of the molecule is COc1ccc(C(=O)C2CCN(C(=O)c3csc(CN)n3)CC2)cc1. The third-order valence-electron chi connectivity index (χ3n) is 4.47. The van der Waals surface area contributed by atoms with E-state index in [1.165, 1.54) is 11.3 Å². The van der Waals surface area contributed by atoms with E-state index in [0.29, 0.717) is 43.7 Å². The molecule has 0 spiro atoms. The van der Waals surface area contributed by atoms with Gasteiger partial charge in [0.25, 0.3) is 5.91 Å². The van der Waals surface area contributed by atoms with Crippen LogP contribution in [-0.2, 0) is 6.54 Å². The second-order valence-corrected chi connectivity index (χ2v) is 6.93. The minimum Gasteiger partial charge on any atom is -0.497 e. The van der Waals surface area contributed by atoms with Crippen LogP contribution in [0.2, 0.25) is 0 Å². The summed E-state index contributed by atoms with van der Waals surface area (Å²) in [4.78, 5) is 31.1. The molecule has 2 aromatic rings. The summed E-state index contributed by atoms with van der Waals surface area (Å²) in [7, 11) is 1.60. The number of carbonyl (C=O) groups excluding carboxylic acids is 2. The van der Waals surface area contributed by atoms with Crippen molar-refractivity contribution in [1.82, 2.24) is 9.88 Å². The fraction of sp³-hybridized carbons (Fsp3) is 0.389. The summed E-state index contributed by atoms with van der Waals surface area (Å²) in [5, 5.41) is 2.51. The lowest BCUT2D eigenvalue weighted by Gasteiger charge is -2.31. The molecule has 7 heteroatoms. The number of benzene rings is 1. The number of Topliss-reactive ketones (excluding diaryl/α,β-unsaturated/α-hetero) is 1. The number of hydrogen-bond acceptors (Lipinski definition) is 6. The third kappa shape index (κ3) is 3.88. The van der Waals surface area contributed by atoms with E-state index in [9.17, 15) is 9.59 Å². The van der Waals surface area contributed by atoms with Crippen LogP contribution in [0.1, 0.15) is 38.7 Å². The molecule has 1 amide bonds. The van der Waals surface area contributed by atoms with Crippen molar-refractivity contribution in [3.05, 3.63) is 45.9 Å². The first-order chi connectivity index (χ1) is 12.1. The molecule has 1 saturated heterocycles. The van der Waals surface area contributed by atoms with E-state index >= 15 is 0 Å². The average molecular weight is 359 g/mol. The number of ether oxygens (including phenoxy) is 1. The number of amides is 1. The molecular weight excluding hydrogens is 338 g/mol. The average Bonchev–Trinajstić information content (AvgIpc) is 3.16. The molecule has 1 fully saturated rings. The molecule has 1 aromatic carbocycles. The van der Waals surface area contributed by atoms with Gasteiger partial charge in [0.1, 0.15) is 16.5 Å². The van der Waals surface area contributed by atoms with Crippen molar-refractivity contribution >= 4 is 23.0 Å². The van der Waals surface area contributed by atoms with Crippen molar-refractivity contribution in [2.75, 3.05) is 20.2 Å². The number of carbonyl (C=O) groups is 2. The van der Waals surface area contributed by atoms with Crippen LogP contribution in [0.3, 0.4) is 0 Å². The van der Waals surface area contributed by atoms with Crippen LogP contribution in [0.5, 0.6) is 5.75 Å². The van der Waals surface area contributed by atoms with Crippen molar-refractivity contribution in [2.45, 2.75) is 19.4 Å². The lowest BCUT2D eigenvalue weighted by atomic mass is 9.89. The van der Waals surface area contributed by atoms with Crippen molar-refractivity contribution < 1.29 is 14.3 Å². The van der Waals surface area contributed by atoms with Gasteiger partial charge in [-0.2, -0.15) is 0 Å². The number of likely N-dealkylation sites (tertiary alicyclic amines) is 1. The van der Waals surface area contributed by atoms with Gasteiger partial charge in [0.15, 0.2) is 5.78 Å². The molecule has 0 unspecified atom stereocenters. The first-order valence-corrected chi connectivity index (χ1v) is 9.12. The Kier molecular flexibility index (Phi) is 5.45. The smallest absolute Gasteiger partial charge is 0.273 e. The van der Waals surface area contributed by atoms with E-state index < -0.39 is 0 Å². The number of hydrogen-bond donors (Lipinski definition) is 1. The Hall–Kier alpha value is -2.25. The molecule has 0 saturated carbocycles. The Morgan fingerprint density at radius 3 is 2.52 bits per heavy atom. The highest BCUT2D eigenvalue weighted by Crippen LogP contribution is 2.24. The molecule has 132 valence electrons. The van der Waals surface area contributed by atoms with E-state index in [-0.39, 0.29) is 17.6 Å². The Bertz CT molecular complexity index is 749. The molecule has 3 rings (SSSR count). The van der Waals surface area contributed by atoms with Crippen LogP contribution in [0, 0.1) is 5.92 Å². The highest BCUT2D eigenvalue weighted by Gasteiger charge is 2.29.